The quantitative estimate of drug-likeness (QED) is 0.335. The molecule has 0 aromatic heterocycles. The van der Waals surface area contributed by atoms with Crippen LogP contribution in [0.15, 0.2) is 60.3 Å². The number of para-hydroxylation sites is 4. The van der Waals surface area contributed by atoms with Gasteiger partial charge < -0.3 is 20.3 Å². The number of nitrogens with one attached hydrogen (secondary N) is 2. The molecule has 29 heavy (non-hydrogen) atoms. The van der Waals surface area contributed by atoms with Crippen LogP contribution in [0.25, 0.3) is 0 Å². The first kappa shape index (κ1) is 19.9. The van der Waals surface area contributed by atoms with Crippen molar-refractivity contribution in [3.8, 4) is 6.07 Å². The minimum Gasteiger partial charge on any atom is -0.378 e. The van der Waals surface area contributed by atoms with E-state index in [1.165, 1.54) is 24.4 Å². The minimum atomic E-state index is -0.738. The van der Waals surface area contributed by atoms with Gasteiger partial charge in [-0.1, -0.05) is 24.3 Å². The van der Waals surface area contributed by atoms with Crippen LogP contribution in [0.2, 0.25) is 0 Å². The maximum atomic E-state index is 12.4. The Morgan fingerprint density at radius 3 is 2.48 bits per heavy atom. The van der Waals surface area contributed by atoms with Crippen molar-refractivity contribution in [2.24, 2.45) is 0 Å². The van der Waals surface area contributed by atoms with Gasteiger partial charge in [0.25, 0.3) is 11.6 Å². The van der Waals surface area contributed by atoms with Crippen molar-refractivity contribution >= 4 is 28.7 Å². The third-order valence-electron chi connectivity index (χ3n) is 4.34. The summed E-state index contributed by atoms with van der Waals surface area (Å²) in [6.45, 7) is 2.75. The predicted molar refractivity (Wildman–Crippen MR) is 109 cm³/mol. The van der Waals surface area contributed by atoms with Gasteiger partial charge in [0.2, 0.25) is 0 Å². The summed E-state index contributed by atoms with van der Waals surface area (Å²) in [6, 6.07) is 15.1. The summed E-state index contributed by atoms with van der Waals surface area (Å²) < 4.78 is 5.37. The fourth-order valence-electron chi connectivity index (χ4n) is 2.90. The molecule has 1 fully saturated rings. The molecular weight excluding hydrogens is 374 g/mol. The van der Waals surface area contributed by atoms with Crippen molar-refractivity contribution in [3.63, 3.8) is 0 Å². The Morgan fingerprint density at radius 1 is 1.14 bits per heavy atom. The summed E-state index contributed by atoms with van der Waals surface area (Å²) in [5.74, 6) is -0.738. The third-order valence-corrected chi connectivity index (χ3v) is 4.34. The lowest BCUT2D eigenvalue weighted by molar-refractivity contribution is -0.383. The van der Waals surface area contributed by atoms with E-state index >= 15 is 0 Å². The van der Waals surface area contributed by atoms with Crippen molar-refractivity contribution in [2.45, 2.75) is 0 Å². The SMILES string of the molecule is N#C/C(=C/Nc1ccccc1N1CCOCC1)C(=O)Nc1ccccc1[N+](=O)[O-]. The molecule has 1 saturated heterocycles. The molecule has 0 saturated carbocycles. The second-order valence-electron chi connectivity index (χ2n) is 6.16. The Morgan fingerprint density at radius 2 is 1.79 bits per heavy atom. The summed E-state index contributed by atoms with van der Waals surface area (Å²) in [7, 11) is 0. The number of nitrogens with zero attached hydrogens (tertiary/aromatic N) is 3. The lowest BCUT2D eigenvalue weighted by atomic mass is 10.2. The van der Waals surface area contributed by atoms with Gasteiger partial charge in [-0.25, -0.2) is 0 Å². The van der Waals surface area contributed by atoms with Crippen LogP contribution < -0.4 is 15.5 Å². The molecule has 9 nitrogen and oxygen atoms in total. The largest absolute Gasteiger partial charge is 0.378 e. The Labute approximate surface area is 167 Å². The van der Waals surface area contributed by atoms with Crippen molar-refractivity contribution in [1.29, 1.82) is 5.26 Å². The minimum absolute atomic E-state index is 0.0253. The van der Waals surface area contributed by atoms with Gasteiger partial charge in [-0.2, -0.15) is 5.26 Å². The van der Waals surface area contributed by atoms with Gasteiger partial charge in [0.1, 0.15) is 17.3 Å². The van der Waals surface area contributed by atoms with E-state index in [-0.39, 0.29) is 16.9 Å². The van der Waals surface area contributed by atoms with E-state index in [9.17, 15) is 20.2 Å². The molecule has 1 aliphatic rings. The number of anilines is 3. The maximum absolute atomic E-state index is 12.4. The van der Waals surface area contributed by atoms with Crippen LogP contribution in [-0.2, 0) is 9.53 Å². The average molecular weight is 393 g/mol. The number of benzene rings is 2. The molecule has 148 valence electrons. The first-order valence-electron chi connectivity index (χ1n) is 8.93. The van der Waals surface area contributed by atoms with Gasteiger partial charge in [0, 0.05) is 25.4 Å². The molecule has 1 heterocycles. The third kappa shape index (κ3) is 4.88. The topological polar surface area (TPSA) is 121 Å². The zero-order chi connectivity index (χ0) is 20.6. The smallest absolute Gasteiger partial charge is 0.292 e. The van der Waals surface area contributed by atoms with E-state index in [1.807, 2.05) is 30.3 Å². The monoisotopic (exact) mass is 393 g/mol. The molecule has 0 bridgehead atoms. The zero-order valence-corrected chi connectivity index (χ0v) is 15.5. The molecule has 1 amide bonds. The van der Waals surface area contributed by atoms with Gasteiger partial charge in [0.05, 0.1) is 29.5 Å². The molecule has 0 spiro atoms. The number of nitro benzene ring substituents is 1. The second-order valence-corrected chi connectivity index (χ2v) is 6.16. The van der Waals surface area contributed by atoms with Crippen molar-refractivity contribution in [3.05, 3.63) is 70.4 Å². The Hall–Kier alpha value is -3.90. The van der Waals surface area contributed by atoms with Gasteiger partial charge in [-0.15, -0.1) is 0 Å². The van der Waals surface area contributed by atoms with Crippen LogP contribution in [0.4, 0.5) is 22.7 Å². The number of nitro groups is 1. The number of amides is 1. The average Bonchev–Trinajstić information content (AvgIpc) is 2.75. The molecule has 2 aromatic rings. The second kappa shape index (κ2) is 9.34. The van der Waals surface area contributed by atoms with Crippen LogP contribution in [0.3, 0.4) is 0 Å². The first-order valence-corrected chi connectivity index (χ1v) is 8.93. The summed E-state index contributed by atoms with van der Waals surface area (Å²) in [5, 5.41) is 25.9. The molecule has 0 aliphatic carbocycles. The van der Waals surface area contributed by atoms with E-state index in [2.05, 4.69) is 15.5 Å². The fourth-order valence-corrected chi connectivity index (χ4v) is 2.90. The Bertz CT molecular complexity index is 977. The first-order chi connectivity index (χ1) is 14.1. The normalized spacial score (nSPS) is 14.0. The van der Waals surface area contributed by atoms with E-state index in [4.69, 9.17) is 4.74 Å². The predicted octanol–water partition coefficient (Wildman–Crippen LogP) is 2.89. The standard InChI is InChI=1S/C20H19N5O4/c21-13-15(20(26)23-17-6-2-4-8-19(17)25(27)28)14-22-16-5-1-3-7-18(16)24-9-11-29-12-10-24/h1-8,14,22H,9-12H2,(H,23,26)/b15-14-. The van der Waals surface area contributed by atoms with E-state index in [1.54, 1.807) is 6.07 Å². The molecule has 2 N–H and O–H groups in total. The van der Waals surface area contributed by atoms with Gasteiger partial charge >= 0.3 is 0 Å². The lowest BCUT2D eigenvalue weighted by Crippen LogP contribution is -2.36. The molecular formula is C20H19N5O4. The van der Waals surface area contributed by atoms with Gasteiger partial charge in [-0.05, 0) is 18.2 Å². The highest BCUT2D eigenvalue weighted by molar-refractivity contribution is 6.07. The summed E-state index contributed by atoms with van der Waals surface area (Å²) in [4.78, 5) is 25.1. The molecule has 2 aromatic carbocycles. The number of carbonyl (C=O) groups excluding carboxylic acids is 1. The number of hydrogen-bond donors (Lipinski definition) is 2. The molecule has 0 atom stereocenters. The Balaban J connectivity index is 1.77. The number of hydrogen-bond acceptors (Lipinski definition) is 7. The molecule has 1 aliphatic heterocycles. The maximum Gasteiger partial charge on any atom is 0.292 e. The van der Waals surface area contributed by atoms with Crippen LogP contribution >= 0.6 is 0 Å². The summed E-state index contributed by atoms with van der Waals surface area (Å²) >= 11 is 0. The Kier molecular flexibility index (Phi) is 6.40. The van der Waals surface area contributed by atoms with Crippen LogP contribution in [0, 0.1) is 21.4 Å². The highest BCUT2D eigenvalue weighted by Gasteiger charge is 2.18. The van der Waals surface area contributed by atoms with E-state index < -0.39 is 10.8 Å². The lowest BCUT2D eigenvalue weighted by Gasteiger charge is -2.30. The summed E-state index contributed by atoms with van der Waals surface area (Å²) in [5.41, 5.74) is 1.24. The number of morpholine rings is 1. The number of rotatable bonds is 6. The van der Waals surface area contributed by atoms with E-state index in [0.29, 0.717) is 13.2 Å². The fraction of sp³-hybridized carbons (Fsp3) is 0.200. The molecule has 9 heteroatoms. The van der Waals surface area contributed by atoms with Gasteiger partial charge in [0.15, 0.2) is 0 Å². The van der Waals surface area contributed by atoms with Crippen LogP contribution in [0.1, 0.15) is 0 Å². The number of carbonyl (C=O) groups is 1. The van der Waals surface area contributed by atoms with Crippen LogP contribution in [0.5, 0.6) is 0 Å². The van der Waals surface area contributed by atoms with Crippen molar-refractivity contribution in [2.75, 3.05) is 41.8 Å². The number of nitriles is 1. The van der Waals surface area contributed by atoms with Crippen molar-refractivity contribution < 1.29 is 14.5 Å². The van der Waals surface area contributed by atoms with E-state index in [0.717, 1.165) is 24.5 Å². The molecule has 0 radical (unpaired) electrons. The molecule has 3 rings (SSSR count). The van der Waals surface area contributed by atoms with Crippen molar-refractivity contribution in [1.82, 2.24) is 0 Å². The summed E-state index contributed by atoms with van der Waals surface area (Å²) in [6.07, 6.45) is 1.30. The molecule has 0 unspecified atom stereocenters. The number of ether oxygens (including phenoxy) is 1. The van der Waals surface area contributed by atoms with Gasteiger partial charge in [-0.3, -0.25) is 14.9 Å². The highest BCUT2D eigenvalue weighted by Crippen LogP contribution is 2.27. The zero-order valence-electron chi connectivity index (χ0n) is 15.5. The highest BCUT2D eigenvalue weighted by atomic mass is 16.6. The van der Waals surface area contributed by atoms with Crippen LogP contribution in [-0.4, -0.2) is 37.1 Å².